The zero-order chi connectivity index (χ0) is 14.7. The Morgan fingerprint density at radius 3 is 2.95 bits per heavy atom. The van der Waals surface area contributed by atoms with Gasteiger partial charge in [0, 0.05) is 12.7 Å². The average molecular weight is 302 g/mol. The van der Waals surface area contributed by atoms with Gasteiger partial charge in [0.1, 0.15) is 18.3 Å². The SMILES string of the molecule is O=C(NCc1ccccc1-n1cncn1)c1cc(Cl)c[nH]1. The fourth-order valence-corrected chi connectivity index (χ4v) is 2.15. The molecule has 21 heavy (non-hydrogen) atoms. The van der Waals surface area contributed by atoms with Crippen LogP contribution < -0.4 is 5.32 Å². The van der Waals surface area contributed by atoms with E-state index in [0.717, 1.165) is 11.3 Å². The van der Waals surface area contributed by atoms with Crippen molar-refractivity contribution in [1.29, 1.82) is 0 Å². The summed E-state index contributed by atoms with van der Waals surface area (Å²) in [7, 11) is 0. The molecule has 0 aliphatic heterocycles. The molecule has 1 aromatic carbocycles. The molecule has 0 aliphatic carbocycles. The van der Waals surface area contributed by atoms with Crippen LogP contribution in [0.25, 0.3) is 5.69 Å². The Labute approximate surface area is 125 Å². The topological polar surface area (TPSA) is 75.6 Å². The number of amides is 1. The highest BCUT2D eigenvalue weighted by Gasteiger charge is 2.10. The van der Waals surface area contributed by atoms with E-state index in [1.165, 1.54) is 6.33 Å². The van der Waals surface area contributed by atoms with Gasteiger partial charge in [0.25, 0.3) is 5.91 Å². The number of halogens is 1. The molecule has 0 saturated carbocycles. The minimum Gasteiger partial charge on any atom is -0.356 e. The standard InChI is InChI=1S/C14H12ClN5O/c15-11-5-12(17-7-11)14(21)18-6-10-3-1-2-4-13(10)20-9-16-8-19-20/h1-5,7-9,17H,6H2,(H,18,21). The maximum atomic E-state index is 12.0. The van der Waals surface area contributed by atoms with E-state index in [9.17, 15) is 4.79 Å². The smallest absolute Gasteiger partial charge is 0.268 e. The summed E-state index contributed by atoms with van der Waals surface area (Å²) in [5, 5.41) is 7.45. The number of nitrogens with zero attached hydrogens (tertiary/aromatic N) is 3. The maximum absolute atomic E-state index is 12.0. The molecule has 0 atom stereocenters. The Hall–Kier alpha value is -2.60. The molecule has 0 fully saturated rings. The van der Waals surface area contributed by atoms with Crippen molar-refractivity contribution in [3.8, 4) is 5.69 Å². The number of rotatable bonds is 4. The number of carbonyl (C=O) groups is 1. The first-order chi connectivity index (χ1) is 10.2. The lowest BCUT2D eigenvalue weighted by Gasteiger charge is -2.09. The van der Waals surface area contributed by atoms with Gasteiger partial charge in [0.15, 0.2) is 0 Å². The van der Waals surface area contributed by atoms with E-state index >= 15 is 0 Å². The van der Waals surface area contributed by atoms with E-state index in [0.29, 0.717) is 17.3 Å². The minimum absolute atomic E-state index is 0.213. The number of benzene rings is 1. The van der Waals surface area contributed by atoms with Gasteiger partial charge in [-0.2, -0.15) is 5.10 Å². The number of aromatic amines is 1. The van der Waals surface area contributed by atoms with E-state index in [-0.39, 0.29) is 5.91 Å². The Bertz CT molecular complexity index is 750. The summed E-state index contributed by atoms with van der Waals surface area (Å²) in [5.74, 6) is -0.213. The van der Waals surface area contributed by atoms with Crippen molar-refractivity contribution in [2.24, 2.45) is 0 Å². The molecule has 0 unspecified atom stereocenters. The first kappa shape index (κ1) is 13.4. The minimum atomic E-state index is -0.213. The summed E-state index contributed by atoms with van der Waals surface area (Å²) in [4.78, 5) is 18.7. The number of nitrogens with one attached hydrogen (secondary N) is 2. The highest BCUT2D eigenvalue weighted by Crippen LogP contribution is 2.13. The first-order valence-electron chi connectivity index (χ1n) is 6.29. The van der Waals surface area contributed by atoms with Crippen LogP contribution in [0.3, 0.4) is 0 Å². The number of carbonyl (C=O) groups excluding carboxylic acids is 1. The lowest BCUT2D eigenvalue weighted by molar-refractivity contribution is 0.0946. The number of para-hydroxylation sites is 1. The number of hydrogen-bond donors (Lipinski definition) is 2. The summed E-state index contributed by atoms with van der Waals surface area (Å²) in [6.45, 7) is 0.380. The zero-order valence-corrected chi connectivity index (χ0v) is 11.7. The van der Waals surface area contributed by atoms with Crippen molar-refractivity contribution in [2.75, 3.05) is 0 Å². The van der Waals surface area contributed by atoms with Crippen LogP contribution in [0.5, 0.6) is 0 Å². The third-order valence-corrected chi connectivity index (χ3v) is 3.21. The molecule has 6 nitrogen and oxygen atoms in total. The van der Waals surface area contributed by atoms with Gasteiger partial charge in [-0.3, -0.25) is 4.79 Å². The van der Waals surface area contributed by atoms with Crippen LogP contribution in [0.1, 0.15) is 16.1 Å². The quantitative estimate of drug-likeness (QED) is 0.775. The van der Waals surface area contributed by atoms with Crippen LogP contribution in [0.4, 0.5) is 0 Å². The van der Waals surface area contributed by atoms with E-state index in [2.05, 4.69) is 20.4 Å². The molecule has 3 rings (SSSR count). The monoisotopic (exact) mass is 301 g/mol. The third-order valence-electron chi connectivity index (χ3n) is 2.99. The second kappa shape index (κ2) is 5.80. The van der Waals surface area contributed by atoms with Crippen molar-refractivity contribution in [3.05, 3.63) is 65.5 Å². The molecular formula is C14H12ClN5O. The predicted octanol–water partition coefficient (Wildman–Crippen LogP) is 2.18. The molecule has 3 aromatic rings. The molecule has 2 aromatic heterocycles. The Morgan fingerprint density at radius 1 is 1.38 bits per heavy atom. The Balaban J connectivity index is 1.75. The molecule has 2 heterocycles. The summed E-state index contributed by atoms with van der Waals surface area (Å²) < 4.78 is 1.66. The van der Waals surface area contributed by atoms with Crippen LogP contribution >= 0.6 is 11.6 Å². The lowest BCUT2D eigenvalue weighted by Crippen LogP contribution is -2.23. The van der Waals surface area contributed by atoms with Crippen molar-refractivity contribution in [1.82, 2.24) is 25.1 Å². The van der Waals surface area contributed by atoms with E-state index in [1.807, 2.05) is 24.3 Å². The largest absolute Gasteiger partial charge is 0.356 e. The molecule has 0 spiro atoms. The van der Waals surface area contributed by atoms with Crippen molar-refractivity contribution < 1.29 is 4.79 Å². The number of H-pyrrole nitrogens is 1. The molecular weight excluding hydrogens is 290 g/mol. The van der Waals surface area contributed by atoms with Gasteiger partial charge in [-0.15, -0.1) is 0 Å². The van der Waals surface area contributed by atoms with Gasteiger partial charge < -0.3 is 10.3 Å². The van der Waals surface area contributed by atoms with Crippen LogP contribution in [0.2, 0.25) is 5.02 Å². The third kappa shape index (κ3) is 2.95. The molecule has 1 amide bonds. The molecule has 106 valence electrons. The molecule has 7 heteroatoms. The van der Waals surface area contributed by atoms with Crippen molar-refractivity contribution in [3.63, 3.8) is 0 Å². The molecule has 0 aliphatic rings. The number of aromatic nitrogens is 4. The summed E-state index contributed by atoms with van der Waals surface area (Å²) in [6.07, 6.45) is 4.65. The first-order valence-corrected chi connectivity index (χ1v) is 6.67. The van der Waals surface area contributed by atoms with Crippen LogP contribution in [0.15, 0.2) is 49.2 Å². The van der Waals surface area contributed by atoms with Crippen LogP contribution in [-0.4, -0.2) is 25.7 Å². The zero-order valence-electron chi connectivity index (χ0n) is 11.0. The molecule has 0 saturated heterocycles. The number of hydrogen-bond acceptors (Lipinski definition) is 3. The van der Waals surface area contributed by atoms with Gasteiger partial charge in [0.05, 0.1) is 10.7 Å². The highest BCUT2D eigenvalue weighted by atomic mass is 35.5. The van der Waals surface area contributed by atoms with Gasteiger partial charge in [0.2, 0.25) is 0 Å². The fraction of sp³-hybridized carbons (Fsp3) is 0.0714. The van der Waals surface area contributed by atoms with E-state index < -0.39 is 0 Å². The van der Waals surface area contributed by atoms with Gasteiger partial charge in [-0.1, -0.05) is 29.8 Å². The van der Waals surface area contributed by atoms with Crippen molar-refractivity contribution >= 4 is 17.5 Å². The Kier molecular flexibility index (Phi) is 3.70. The van der Waals surface area contributed by atoms with Crippen LogP contribution in [0, 0.1) is 0 Å². The fourth-order valence-electron chi connectivity index (χ4n) is 1.99. The normalized spacial score (nSPS) is 10.5. The summed E-state index contributed by atoms with van der Waals surface area (Å²) >= 11 is 5.78. The molecule has 0 radical (unpaired) electrons. The molecule has 0 bridgehead atoms. The van der Waals surface area contributed by atoms with E-state index in [1.54, 1.807) is 23.3 Å². The molecule has 2 N–H and O–H groups in total. The summed E-state index contributed by atoms with van der Waals surface area (Å²) in [5.41, 5.74) is 2.24. The predicted molar refractivity (Wildman–Crippen MR) is 78.3 cm³/mol. The van der Waals surface area contributed by atoms with Crippen molar-refractivity contribution in [2.45, 2.75) is 6.54 Å². The average Bonchev–Trinajstić information content (AvgIpc) is 3.16. The van der Waals surface area contributed by atoms with Crippen LogP contribution in [-0.2, 0) is 6.54 Å². The van der Waals surface area contributed by atoms with Gasteiger partial charge in [-0.25, -0.2) is 9.67 Å². The lowest BCUT2D eigenvalue weighted by atomic mass is 10.1. The second-order valence-corrected chi connectivity index (χ2v) is 4.82. The van der Waals surface area contributed by atoms with E-state index in [4.69, 9.17) is 11.6 Å². The second-order valence-electron chi connectivity index (χ2n) is 4.38. The highest BCUT2D eigenvalue weighted by molar-refractivity contribution is 6.30. The van der Waals surface area contributed by atoms with Gasteiger partial charge >= 0.3 is 0 Å². The Morgan fingerprint density at radius 2 is 2.24 bits per heavy atom. The summed E-state index contributed by atoms with van der Waals surface area (Å²) in [6, 6.07) is 9.25. The van der Waals surface area contributed by atoms with Gasteiger partial charge in [-0.05, 0) is 17.7 Å². The maximum Gasteiger partial charge on any atom is 0.268 e.